The van der Waals surface area contributed by atoms with Gasteiger partial charge in [0, 0.05) is 3.57 Å². The highest BCUT2D eigenvalue weighted by atomic mass is 127. The summed E-state index contributed by atoms with van der Waals surface area (Å²) in [7, 11) is 0. The molecule has 0 N–H and O–H groups in total. The van der Waals surface area contributed by atoms with Gasteiger partial charge in [-0.1, -0.05) is 0 Å². The molecule has 104 valence electrons. The third-order valence-electron chi connectivity index (χ3n) is 2.49. The predicted octanol–water partition coefficient (Wildman–Crippen LogP) is 4.67. The van der Waals surface area contributed by atoms with Crippen LogP contribution < -0.4 is 9.47 Å². The number of ether oxygens (including phenoxy) is 2. The lowest BCUT2D eigenvalue weighted by Crippen LogP contribution is -2.08. The summed E-state index contributed by atoms with van der Waals surface area (Å²) >= 11 is 5.57. The number of hydrogen-bond donors (Lipinski definition) is 0. The molecule has 0 aliphatic heterocycles. The molecular formula is C15H12BrIO3. The first-order valence-electron chi connectivity index (χ1n) is 6.00. The molecule has 0 spiro atoms. The molecule has 3 nitrogen and oxygen atoms in total. The van der Waals surface area contributed by atoms with Crippen molar-refractivity contribution < 1.29 is 14.3 Å². The monoisotopic (exact) mass is 446 g/mol. The van der Waals surface area contributed by atoms with Crippen LogP contribution in [0.5, 0.6) is 11.5 Å². The molecule has 0 unspecified atom stereocenters. The highest BCUT2D eigenvalue weighted by Crippen LogP contribution is 2.26. The van der Waals surface area contributed by atoms with Gasteiger partial charge in [-0.25, -0.2) is 4.79 Å². The Morgan fingerprint density at radius 1 is 1.20 bits per heavy atom. The van der Waals surface area contributed by atoms with Crippen LogP contribution in [0.1, 0.15) is 17.3 Å². The van der Waals surface area contributed by atoms with E-state index < -0.39 is 5.97 Å². The summed E-state index contributed by atoms with van der Waals surface area (Å²) in [5.74, 6) is 0.841. The van der Waals surface area contributed by atoms with Crippen molar-refractivity contribution in [2.24, 2.45) is 0 Å². The maximum absolute atomic E-state index is 12.0. The minimum Gasteiger partial charge on any atom is -0.493 e. The molecule has 2 aromatic rings. The van der Waals surface area contributed by atoms with Crippen molar-refractivity contribution in [3.63, 3.8) is 0 Å². The third-order valence-corrected chi connectivity index (χ3v) is 3.83. The van der Waals surface area contributed by atoms with Gasteiger partial charge in [-0.2, -0.15) is 0 Å². The molecule has 0 aliphatic carbocycles. The molecule has 2 rings (SSSR count). The van der Waals surface area contributed by atoms with Crippen LogP contribution >= 0.6 is 38.5 Å². The zero-order chi connectivity index (χ0) is 14.5. The molecule has 2 aromatic carbocycles. The number of esters is 1. The molecule has 0 atom stereocenters. The van der Waals surface area contributed by atoms with E-state index in [-0.39, 0.29) is 0 Å². The first kappa shape index (κ1) is 15.3. The number of halogens is 2. The van der Waals surface area contributed by atoms with Crippen molar-refractivity contribution in [1.82, 2.24) is 0 Å². The van der Waals surface area contributed by atoms with Crippen molar-refractivity contribution in [3.8, 4) is 11.5 Å². The van der Waals surface area contributed by atoms with Crippen LogP contribution in [0.25, 0.3) is 0 Å². The molecule has 0 aromatic heterocycles. The van der Waals surface area contributed by atoms with Crippen LogP contribution in [0.2, 0.25) is 0 Å². The molecule has 0 bridgehead atoms. The van der Waals surface area contributed by atoms with Crippen molar-refractivity contribution in [3.05, 3.63) is 56.1 Å². The number of benzene rings is 2. The van der Waals surface area contributed by atoms with E-state index in [0.29, 0.717) is 23.7 Å². The van der Waals surface area contributed by atoms with Crippen LogP contribution in [0.15, 0.2) is 46.9 Å². The normalized spacial score (nSPS) is 10.2. The van der Waals surface area contributed by atoms with Gasteiger partial charge in [0.05, 0.1) is 16.6 Å². The molecule has 0 radical (unpaired) electrons. The summed E-state index contributed by atoms with van der Waals surface area (Å²) in [6, 6.07) is 12.4. The predicted molar refractivity (Wildman–Crippen MR) is 89.4 cm³/mol. The van der Waals surface area contributed by atoms with Crippen LogP contribution in [-0.2, 0) is 0 Å². The first-order chi connectivity index (χ1) is 9.60. The molecule has 0 fully saturated rings. The van der Waals surface area contributed by atoms with E-state index in [1.165, 1.54) is 0 Å². The Morgan fingerprint density at radius 3 is 2.50 bits per heavy atom. The largest absolute Gasteiger partial charge is 0.493 e. The molecule has 5 heteroatoms. The Balaban J connectivity index is 2.13. The van der Waals surface area contributed by atoms with E-state index in [4.69, 9.17) is 9.47 Å². The topological polar surface area (TPSA) is 35.5 Å². The average molecular weight is 447 g/mol. The van der Waals surface area contributed by atoms with Crippen LogP contribution in [0, 0.1) is 3.57 Å². The maximum Gasteiger partial charge on any atom is 0.343 e. The van der Waals surface area contributed by atoms with Gasteiger partial charge in [-0.05, 0) is 87.9 Å². The fraction of sp³-hybridized carbons (Fsp3) is 0.133. The van der Waals surface area contributed by atoms with Crippen LogP contribution in [0.4, 0.5) is 0 Å². The molecular weight excluding hydrogens is 435 g/mol. The highest BCUT2D eigenvalue weighted by molar-refractivity contribution is 14.1. The van der Waals surface area contributed by atoms with E-state index >= 15 is 0 Å². The van der Waals surface area contributed by atoms with Gasteiger partial charge in [-0.15, -0.1) is 0 Å². The zero-order valence-corrected chi connectivity index (χ0v) is 14.5. The molecule has 0 aliphatic rings. The Hall–Kier alpha value is -1.08. The van der Waals surface area contributed by atoms with E-state index in [9.17, 15) is 4.79 Å². The second-order valence-corrected chi connectivity index (χ2v) is 6.02. The Kier molecular flexibility index (Phi) is 5.42. The maximum atomic E-state index is 12.0. The molecule has 0 saturated carbocycles. The average Bonchev–Trinajstić information content (AvgIpc) is 2.44. The van der Waals surface area contributed by atoms with Crippen molar-refractivity contribution in [1.29, 1.82) is 0 Å². The Labute approximate surface area is 139 Å². The van der Waals surface area contributed by atoms with E-state index in [1.54, 1.807) is 30.3 Å². The second-order valence-electron chi connectivity index (χ2n) is 3.92. The molecule has 0 saturated heterocycles. The summed E-state index contributed by atoms with van der Waals surface area (Å²) in [6.45, 7) is 2.48. The third kappa shape index (κ3) is 3.96. The smallest absolute Gasteiger partial charge is 0.343 e. The molecule has 0 heterocycles. The summed E-state index contributed by atoms with van der Waals surface area (Å²) < 4.78 is 12.5. The van der Waals surface area contributed by atoms with E-state index in [1.807, 2.05) is 19.1 Å². The standard InChI is InChI=1S/C15H12BrIO3/c1-2-19-14-8-3-10(9-13(14)16)15(18)20-12-6-4-11(17)5-7-12/h3-9H,2H2,1H3. The van der Waals surface area contributed by atoms with Crippen molar-refractivity contribution >= 4 is 44.5 Å². The summed E-state index contributed by atoms with van der Waals surface area (Å²) in [5, 5.41) is 0. The highest BCUT2D eigenvalue weighted by Gasteiger charge is 2.11. The van der Waals surface area contributed by atoms with Gasteiger partial charge in [-0.3, -0.25) is 0 Å². The van der Waals surface area contributed by atoms with Crippen LogP contribution in [-0.4, -0.2) is 12.6 Å². The molecule has 0 amide bonds. The lowest BCUT2D eigenvalue weighted by molar-refractivity contribution is 0.0734. The zero-order valence-electron chi connectivity index (χ0n) is 10.7. The van der Waals surface area contributed by atoms with Crippen LogP contribution in [0.3, 0.4) is 0 Å². The minimum absolute atomic E-state index is 0.394. The van der Waals surface area contributed by atoms with Gasteiger partial charge in [0.1, 0.15) is 11.5 Å². The fourth-order valence-electron chi connectivity index (χ4n) is 1.57. The fourth-order valence-corrected chi connectivity index (χ4v) is 2.42. The van der Waals surface area contributed by atoms with Gasteiger partial charge in [0.25, 0.3) is 0 Å². The summed E-state index contributed by atoms with van der Waals surface area (Å²) in [6.07, 6.45) is 0. The number of carbonyl (C=O) groups is 1. The number of carbonyl (C=O) groups excluding carboxylic acids is 1. The van der Waals surface area contributed by atoms with Gasteiger partial charge >= 0.3 is 5.97 Å². The summed E-state index contributed by atoms with van der Waals surface area (Å²) in [5.41, 5.74) is 0.471. The van der Waals surface area contributed by atoms with Crippen molar-refractivity contribution in [2.75, 3.05) is 6.61 Å². The van der Waals surface area contributed by atoms with Gasteiger partial charge < -0.3 is 9.47 Å². The van der Waals surface area contributed by atoms with E-state index in [2.05, 4.69) is 38.5 Å². The van der Waals surface area contributed by atoms with Gasteiger partial charge in [0.15, 0.2) is 0 Å². The summed E-state index contributed by atoms with van der Waals surface area (Å²) in [4.78, 5) is 12.0. The van der Waals surface area contributed by atoms with Crippen molar-refractivity contribution in [2.45, 2.75) is 6.92 Å². The minimum atomic E-state index is -0.394. The first-order valence-corrected chi connectivity index (χ1v) is 7.87. The lowest BCUT2D eigenvalue weighted by Gasteiger charge is -2.08. The Bertz CT molecular complexity index is 611. The SMILES string of the molecule is CCOc1ccc(C(=O)Oc2ccc(I)cc2)cc1Br. The lowest BCUT2D eigenvalue weighted by atomic mass is 10.2. The second kappa shape index (κ2) is 7.08. The number of hydrogen-bond acceptors (Lipinski definition) is 3. The Morgan fingerprint density at radius 2 is 1.90 bits per heavy atom. The quantitative estimate of drug-likeness (QED) is 0.389. The van der Waals surface area contributed by atoms with E-state index in [0.717, 1.165) is 8.04 Å². The number of rotatable bonds is 4. The molecule has 20 heavy (non-hydrogen) atoms. The van der Waals surface area contributed by atoms with Gasteiger partial charge in [0.2, 0.25) is 0 Å².